The van der Waals surface area contributed by atoms with E-state index in [1.54, 1.807) is 24.3 Å². The lowest BCUT2D eigenvalue weighted by Gasteiger charge is -2.26. The van der Waals surface area contributed by atoms with Crippen molar-refractivity contribution in [1.29, 1.82) is 0 Å². The highest BCUT2D eigenvalue weighted by Gasteiger charge is 2.23. The molecule has 1 aromatic rings. The predicted octanol–water partition coefficient (Wildman–Crippen LogP) is 3.63. The summed E-state index contributed by atoms with van der Waals surface area (Å²) < 4.78 is 35.3. The van der Waals surface area contributed by atoms with Crippen LogP contribution in [0.15, 0.2) is 36.1 Å². The molecule has 1 aliphatic heterocycles. The lowest BCUT2D eigenvalue weighted by molar-refractivity contribution is -0.0507. The minimum absolute atomic E-state index is 0.184. The third-order valence-electron chi connectivity index (χ3n) is 3.10. The van der Waals surface area contributed by atoms with Crippen LogP contribution in [0.5, 0.6) is 5.75 Å². The highest BCUT2D eigenvalue weighted by atomic mass is 19.3. The smallest absolute Gasteiger partial charge is 0.387 e. The number of para-hydroxylation sites is 1. The maximum absolute atomic E-state index is 12.5. The quantitative estimate of drug-likeness (QED) is 0.864. The highest BCUT2D eigenvalue weighted by molar-refractivity contribution is 5.39. The van der Waals surface area contributed by atoms with Gasteiger partial charge in [-0.3, -0.25) is 0 Å². The second-order valence-electron chi connectivity index (χ2n) is 4.50. The van der Waals surface area contributed by atoms with Gasteiger partial charge in [-0.1, -0.05) is 25.1 Å². The van der Waals surface area contributed by atoms with Gasteiger partial charge < -0.3 is 14.8 Å². The fraction of sp³-hybridized carbons (Fsp3) is 0.467. The first-order valence-electron chi connectivity index (χ1n) is 6.82. The molecule has 110 valence electrons. The number of hydrogen-bond acceptors (Lipinski definition) is 3. The fourth-order valence-electron chi connectivity index (χ4n) is 2.27. The molecular formula is C15H19F2NO2. The molecule has 1 N–H and O–H groups in total. The van der Waals surface area contributed by atoms with Crippen LogP contribution >= 0.6 is 0 Å². The van der Waals surface area contributed by atoms with Gasteiger partial charge in [0.1, 0.15) is 11.5 Å². The third-order valence-corrected chi connectivity index (χ3v) is 3.10. The van der Waals surface area contributed by atoms with Gasteiger partial charge in [0.15, 0.2) is 0 Å². The maximum Gasteiger partial charge on any atom is 0.387 e. The number of hydrogen-bond donors (Lipinski definition) is 1. The summed E-state index contributed by atoms with van der Waals surface area (Å²) >= 11 is 0. The molecule has 0 amide bonds. The van der Waals surface area contributed by atoms with Gasteiger partial charge in [-0.15, -0.1) is 0 Å². The van der Waals surface area contributed by atoms with Gasteiger partial charge in [0.05, 0.1) is 12.6 Å². The van der Waals surface area contributed by atoms with Crippen molar-refractivity contribution in [2.75, 3.05) is 13.2 Å². The van der Waals surface area contributed by atoms with E-state index in [2.05, 4.69) is 10.1 Å². The molecule has 0 aromatic heterocycles. The summed E-state index contributed by atoms with van der Waals surface area (Å²) in [5, 5.41) is 3.26. The SMILES string of the molecule is CCNC(C1=CCCCO1)c1ccccc1OC(F)F. The van der Waals surface area contributed by atoms with E-state index in [4.69, 9.17) is 4.74 Å². The van der Waals surface area contributed by atoms with E-state index >= 15 is 0 Å². The van der Waals surface area contributed by atoms with Crippen molar-refractivity contribution in [2.24, 2.45) is 0 Å². The second-order valence-corrected chi connectivity index (χ2v) is 4.50. The van der Waals surface area contributed by atoms with Crippen molar-refractivity contribution < 1.29 is 18.3 Å². The highest BCUT2D eigenvalue weighted by Crippen LogP contribution is 2.33. The Morgan fingerprint density at radius 1 is 1.35 bits per heavy atom. The number of likely N-dealkylation sites (N-methyl/N-ethyl adjacent to an activating group) is 1. The van der Waals surface area contributed by atoms with Crippen molar-refractivity contribution in [1.82, 2.24) is 5.32 Å². The van der Waals surface area contributed by atoms with Crippen LogP contribution in [-0.2, 0) is 4.74 Å². The van der Waals surface area contributed by atoms with Crippen LogP contribution in [-0.4, -0.2) is 19.8 Å². The topological polar surface area (TPSA) is 30.5 Å². The van der Waals surface area contributed by atoms with E-state index in [9.17, 15) is 8.78 Å². The van der Waals surface area contributed by atoms with Crippen molar-refractivity contribution in [3.8, 4) is 5.75 Å². The number of nitrogens with one attached hydrogen (secondary N) is 1. The van der Waals surface area contributed by atoms with Gasteiger partial charge in [0.2, 0.25) is 0 Å². The number of ether oxygens (including phenoxy) is 2. The molecule has 20 heavy (non-hydrogen) atoms. The van der Waals surface area contributed by atoms with Gasteiger partial charge >= 0.3 is 6.61 Å². The lowest BCUT2D eigenvalue weighted by atomic mass is 10.0. The molecule has 0 saturated heterocycles. The summed E-state index contributed by atoms with van der Waals surface area (Å²) in [6, 6.07) is 6.57. The van der Waals surface area contributed by atoms with Gasteiger partial charge in [-0.25, -0.2) is 0 Å². The average molecular weight is 283 g/mol. The molecular weight excluding hydrogens is 264 g/mol. The van der Waals surface area contributed by atoms with Crippen LogP contribution < -0.4 is 10.1 Å². The Bertz CT molecular complexity index is 463. The zero-order chi connectivity index (χ0) is 14.4. The van der Waals surface area contributed by atoms with E-state index in [1.807, 2.05) is 13.0 Å². The molecule has 1 atom stereocenters. The van der Waals surface area contributed by atoms with E-state index in [1.165, 1.54) is 0 Å². The summed E-state index contributed by atoms with van der Waals surface area (Å²) in [6.07, 6.45) is 3.93. The molecule has 1 aliphatic rings. The summed E-state index contributed by atoms with van der Waals surface area (Å²) in [5.74, 6) is 0.965. The molecule has 0 saturated carbocycles. The van der Waals surface area contributed by atoms with Crippen LogP contribution in [0.3, 0.4) is 0 Å². The van der Waals surface area contributed by atoms with E-state index in [0.29, 0.717) is 18.7 Å². The zero-order valence-electron chi connectivity index (χ0n) is 11.4. The monoisotopic (exact) mass is 283 g/mol. The first-order chi connectivity index (χ1) is 9.72. The summed E-state index contributed by atoms with van der Waals surface area (Å²) in [4.78, 5) is 0. The molecule has 0 spiro atoms. The molecule has 5 heteroatoms. The van der Waals surface area contributed by atoms with Gasteiger partial charge in [0.25, 0.3) is 0 Å². The summed E-state index contributed by atoms with van der Waals surface area (Å²) in [5.41, 5.74) is 0.669. The van der Waals surface area contributed by atoms with Crippen LogP contribution in [0.4, 0.5) is 8.78 Å². The number of halogens is 2. The fourth-order valence-corrected chi connectivity index (χ4v) is 2.27. The molecule has 1 aromatic carbocycles. The van der Waals surface area contributed by atoms with Gasteiger partial charge in [-0.2, -0.15) is 8.78 Å². The first kappa shape index (κ1) is 14.8. The van der Waals surface area contributed by atoms with Gasteiger partial charge in [-0.05, 0) is 31.5 Å². The lowest BCUT2D eigenvalue weighted by Crippen LogP contribution is -2.26. The molecule has 3 nitrogen and oxygen atoms in total. The molecule has 0 radical (unpaired) electrons. The zero-order valence-corrected chi connectivity index (χ0v) is 11.4. The minimum atomic E-state index is -2.83. The Morgan fingerprint density at radius 3 is 2.80 bits per heavy atom. The first-order valence-corrected chi connectivity index (χ1v) is 6.82. The minimum Gasteiger partial charge on any atom is -0.496 e. The molecule has 1 unspecified atom stereocenters. The van der Waals surface area contributed by atoms with Crippen molar-refractivity contribution in [3.63, 3.8) is 0 Å². The Morgan fingerprint density at radius 2 is 2.15 bits per heavy atom. The Kier molecular flexibility index (Phi) is 5.35. The van der Waals surface area contributed by atoms with Crippen LogP contribution in [0, 0.1) is 0 Å². The number of benzene rings is 1. The number of allylic oxidation sites excluding steroid dienone is 1. The molecule has 0 aliphatic carbocycles. The maximum atomic E-state index is 12.5. The number of rotatable bonds is 6. The van der Waals surface area contributed by atoms with Crippen LogP contribution in [0.1, 0.15) is 31.4 Å². The predicted molar refractivity (Wildman–Crippen MR) is 72.8 cm³/mol. The largest absolute Gasteiger partial charge is 0.496 e. The normalized spacial score (nSPS) is 16.5. The molecule has 0 fully saturated rings. The number of alkyl halides is 2. The van der Waals surface area contributed by atoms with Gasteiger partial charge in [0, 0.05) is 5.56 Å². The average Bonchev–Trinajstić information content (AvgIpc) is 2.46. The molecule has 0 bridgehead atoms. The molecule has 1 heterocycles. The van der Waals surface area contributed by atoms with Crippen molar-refractivity contribution in [2.45, 2.75) is 32.4 Å². The van der Waals surface area contributed by atoms with Crippen LogP contribution in [0.25, 0.3) is 0 Å². The van der Waals surface area contributed by atoms with E-state index in [0.717, 1.165) is 18.6 Å². The Labute approximate surface area is 117 Å². The Balaban J connectivity index is 2.30. The van der Waals surface area contributed by atoms with Crippen molar-refractivity contribution >= 4 is 0 Å². The molecule has 2 rings (SSSR count). The summed E-state index contributed by atoms with van der Waals surface area (Å²) in [7, 11) is 0. The van der Waals surface area contributed by atoms with E-state index in [-0.39, 0.29) is 11.8 Å². The van der Waals surface area contributed by atoms with Crippen LogP contribution in [0.2, 0.25) is 0 Å². The van der Waals surface area contributed by atoms with E-state index < -0.39 is 6.61 Å². The Hall–Kier alpha value is -1.62. The van der Waals surface area contributed by atoms with Crippen molar-refractivity contribution in [3.05, 3.63) is 41.7 Å². The summed E-state index contributed by atoms with van der Waals surface area (Å²) in [6.45, 7) is 0.493. The standard InChI is InChI=1S/C15H19F2NO2/c1-2-18-14(13-9-5-6-10-19-13)11-7-3-4-8-12(11)20-15(16)17/h3-4,7-9,14-15,18H,2,5-6,10H2,1H3. The second kappa shape index (κ2) is 7.24. The third kappa shape index (κ3) is 3.70.